The number of nitrogens with one attached hydrogen (secondary N) is 2. The third kappa shape index (κ3) is 6.33. The van der Waals surface area contributed by atoms with Gasteiger partial charge in [0, 0.05) is 36.2 Å². The van der Waals surface area contributed by atoms with Gasteiger partial charge in [-0.15, -0.1) is 0 Å². The van der Waals surface area contributed by atoms with E-state index in [1.807, 2.05) is 55.3 Å². The number of H-pyrrole nitrogens is 1. The van der Waals surface area contributed by atoms with Gasteiger partial charge in [0.05, 0.1) is 5.41 Å². The predicted octanol–water partition coefficient (Wildman–Crippen LogP) is 6.79. The van der Waals surface area contributed by atoms with E-state index in [2.05, 4.69) is 65.5 Å². The van der Waals surface area contributed by atoms with Crippen molar-refractivity contribution in [2.75, 3.05) is 19.6 Å². The van der Waals surface area contributed by atoms with Crippen LogP contribution in [0.25, 0.3) is 22.2 Å². The molecule has 3 aromatic carbocycles. The number of nitrogens with zero attached hydrogens (tertiary/aromatic N) is 3. The largest absolute Gasteiger partial charge is 0.425 e. The predicted molar refractivity (Wildman–Crippen MR) is 168 cm³/mol. The number of aliphatic imine (C=N–C) groups is 1. The minimum atomic E-state index is -0.621. The zero-order valence-electron chi connectivity index (χ0n) is 25.0. The summed E-state index contributed by atoms with van der Waals surface area (Å²) in [5, 5.41) is 12.9. The molecular weight excluding hydrogens is 522 g/mol. The summed E-state index contributed by atoms with van der Waals surface area (Å²) in [6, 6.07) is 22.5. The van der Waals surface area contributed by atoms with Gasteiger partial charge in [-0.1, -0.05) is 41.5 Å². The van der Waals surface area contributed by atoms with Gasteiger partial charge < -0.3 is 14.6 Å². The molecule has 0 saturated carbocycles. The minimum Gasteiger partial charge on any atom is -0.425 e. The zero-order chi connectivity index (χ0) is 29.7. The molecule has 0 spiro atoms. The molecule has 2 N–H and O–H groups in total. The average Bonchev–Trinajstić information content (AvgIpc) is 3.63. The monoisotopic (exact) mass is 561 g/mol. The summed E-state index contributed by atoms with van der Waals surface area (Å²) in [5.41, 5.74) is 7.32. The molecule has 0 radical (unpaired) electrons. The Labute approximate surface area is 248 Å². The second-order valence-corrected chi connectivity index (χ2v) is 11.7. The maximum absolute atomic E-state index is 13.5. The van der Waals surface area contributed by atoms with Crippen molar-refractivity contribution in [2.45, 2.75) is 58.8 Å². The number of fused-ring (bicyclic) bond motifs is 1. The molecule has 0 aliphatic carbocycles. The van der Waals surface area contributed by atoms with Gasteiger partial charge in [-0.3, -0.25) is 4.79 Å². The van der Waals surface area contributed by atoms with E-state index >= 15 is 0 Å². The van der Waals surface area contributed by atoms with Gasteiger partial charge in [-0.05, 0) is 106 Å². The van der Waals surface area contributed by atoms with E-state index in [-0.39, 0.29) is 11.9 Å². The number of para-hydroxylation sites is 1. The zero-order valence-corrected chi connectivity index (χ0v) is 25.0. The topological polar surface area (TPSA) is 93.5 Å². The fourth-order valence-corrected chi connectivity index (χ4v) is 5.88. The van der Waals surface area contributed by atoms with Crippen LogP contribution in [0.15, 0.2) is 71.7 Å². The molecule has 216 valence electrons. The second kappa shape index (κ2) is 12.5. The van der Waals surface area contributed by atoms with E-state index in [0.29, 0.717) is 12.3 Å². The lowest BCUT2D eigenvalue weighted by atomic mass is 9.82. The van der Waals surface area contributed by atoms with Crippen molar-refractivity contribution >= 4 is 22.8 Å². The Bertz CT molecular complexity index is 1620. The number of rotatable bonds is 8. The highest BCUT2D eigenvalue weighted by molar-refractivity contribution is 5.94. The van der Waals surface area contributed by atoms with Gasteiger partial charge >= 0.3 is 6.02 Å². The number of ether oxygens (including phenoxy) is 1. The van der Waals surface area contributed by atoms with E-state index in [0.717, 1.165) is 66.5 Å². The third-order valence-corrected chi connectivity index (χ3v) is 8.03. The molecular formula is C35H39N5O2. The number of likely N-dealkylation sites (tertiary alicyclic amines) is 1. The molecule has 4 aromatic rings. The molecule has 1 amide bonds. The van der Waals surface area contributed by atoms with Crippen molar-refractivity contribution in [3.05, 3.63) is 89.0 Å². The maximum atomic E-state index is 13.5. The van der Waals surface area contributed by atoms with Gasteiger partial charge in [0.25, 0.3) is 0 Å². The van der Waals surface area contributed by atoms with Crippen molar-refractivity contribution in [1.29, 1.82) is 5.26 Å². The summed E-state index contributed by atoms with van der Waals surface area (Å²) < 4.78 is 5.77. The number of carbonyl (C=O) groups excluding carboxylic acids is 1. The first-order chi connectivity index (χ1) is 20.3. The quantitative estimate of drug-likeness (QED) is 0.0814. The molecule has 1 aromatic heterocycles. The summed E-state index contributed by atoms with van der Waals surface area (Å²) in [6.07, 6.45) is 5.58. The Morgan fingerprint density at radius 1 is 1.05 bits per heavy atom. The average molecular weight is 562 g/mol. The lowest BCUT2D eigenvalue weighted by molar-refractivity contribution is -0.135. The Morgan fingerprint density at radius 3 is 2.45 bits per heavy atom. The number of amidine groups is 1. The van der Waals surface area contributed by atoms with Crippen LogP contribution in [0.3, 0.4) is 0 Å². The molecule has 1 aliphatic rings. The van der Waals surface area contributed by atoms with Crippen molar-refractivity contribution in [1.82, 2.24) is 15.2 Å². The molecule has 0 bridgehead atoms. The molecule has 7 heteroatoms. The van der Waals surface area contributed by atoms with Crippen LogP contribution in [0.5, 0.6) is 5.75 Å². The Balaban J connectivity index is 1.47. The van der Waals surface area contributed by atoms with E-state index in [9.17, 15) is 10.1 Å². The van der Waals surface area contributed by atoms with Crippen LogP contribution < -0.4 is 10.1 Å². The number of aryl methyl sites for hydroxylation is 3. The Hall–Kier alpha value is -4.57. The molecule has 1 saturated heterocycles. The van der Waals surface area contributed by atoms with E-state index in [1.54, 1.807) is 0 Å². The first-order valence-electron chi connectivity index (χ1n) is 14.7. The summed E-state index contributed by atoms with van der Waals surface area (Å²) in [4.78, 5) is 23.8. The summed E-state index contributed by atoms with van der Waals surface area (Å²) in [7, 11) is 0. The minimum absolute atomic E-state index is 0.182. The van der Waals surface area contributed by atoms with Gasteiger partial charge in [0.1, 0.15) is 5.75 Å². The molecule has 1 fully saturated rings. The number of hydrogen-bond acceptors (Lipinski definition) is 4. The Morgan fingerprint density at radius 2 is 1.76 bits per heavy atom. The van der Waals surface area contributed by atoms with Crippen LogP contribution in [0.4, 0.5) is 0 Å². The van der Waals surface area contributed by atoms with Crippen LogP contribution in [0.1, 0.15) is 55.4 Å². The van der Waals surface area contributed by atoms with Crippen LogP contribution in [-0.4, -0.2) is 41.4 Å². The molecule has 5 rings (SSSR count). The van der Waals surface area contributed by atoms with Crippen LogP contribution in [0, 0.1) is 25.3 Å². The third-order valence-electron chi connectivity index (χ3n) is 8.03. The van der Waals surface area contributed by atoms with Gasteiger partial charge in [0.2, 0.25) is 5.91 Å². The smallest absolute Gasteiger partial charge is 0.303 e. The summed E-state index contributed by atoms with van der Waals surface area (Å²) in [5.74, 6) is 0.808. The van der Waals surface area contributed by atoms with Gasteiger partial charge in [-0.25, -0.2) is 10.3 Å². The number of aromatic amines is 1. The molecule has 0 unspecified atom stereocenters. The number of amides is 1. The Kier molecular flexibility index (Phi) is 8.63. The van der Waals surface area contributed by atoms with Crippen LogP contribution in [0.2, 0.25) is 0 Å². The normalized spacial score (nSPS) is 13.8. The van der Waals surface area contributed by atoms with Crippen molar-refractivity contribution in [3.63, 3.8) is 0 Å². The number of hydrogen-bond donors (Lipinski definition) is 2. The summed E-state index contributed by atoms with van der Waals surface area (Å²) >= 11 is 0. The van der Waals surface area contributed by atoms with Gasteiger partial charge in [0.15, 0.2) is 6.19 Å². The summed E-state index contributed by atoms with van der Waals surface area (Å²) in [6.45, 7) is 10.5. The van der Waals surface area contributed by atoms with E-state index in [1.165, 1.54) is 16.7 Å². The molecule has 0 atom stereocenters. The van der Waals surface area contributed by atoms with Crippen molar-refractivity contribution < 1.29 is 9.53 Å². The number of nitriles is 1. The van der Waals surface area contributed by atoms with Crippen LogP contribution >= 0.6 is 0 Å². The van der Waals surface area contributed by atoms with Crippen LogP contribution in [-0.2, 0) is 16.6 Å². The maximum Gasteiger partial charge on any atom is 0.303 e. The van der Waals surface area contributed by atoms with Crippen molar-refractivity contribution in [3.8, 4) is 23.2 Å². The fraction of sp³-hybridized carbons (Fsp3) is 0.343. The number of aromatic nitrogens is 1. The molecule has 42 heavy (non-hydrogen) atoms. The van der Waals surface area contributed by atoms with E-state index in [4.69, 9.17) is 4.74 Å². The molecule has 1 aliphatic heterocycles. The lowest BCUT2D eigenvalue weighted by Gasteiger charge is -2.29. The fourth-order valence-electron chi connectivity index (χ4n) is 5.88. The standard InChI is InChI=1S/C35H39N5O2/c1-24-19-25(2)21-26(20-24)32-29(13-10-16-37-34(38-23-36)42-28-11-6-5-7-12-28)30-22-27(14-15-31(30)39-32)35(3,4)33(41)40-17-8-9-18-40/h5-7,11-12,14-15,19-22,39H,8-10,13,16-18H2,1-4H3,(H,37,38). The number of benzene rings is 3. The highest BCUT2D eigenvalue weighted by Gasteiger charge is 2.35. The molecule has 2 heterocycles. The molecule has 7 nitrogen and oxygen atoms in total. The first-order valence-corrected chi connectivity index (χ1v) is 14.7. The lowest BCUT2D eigenvalue weighted by Crippen LogP contribution is -2.41. The van der Waals surface area contributed by atoms with Gasteiger partial charge in [-0.2, -0.15) is 5.26 Å². The van der Waals surface area contributed by atoms with E-state index < -0.39 is 5.41 Å². The highest BCUT2D eigenvalue weighted by Crippen LogP contribution is 2.36. The number of carbonyl (C=O) groups is 1. The highest BCUT2D eigenvalue weighted by atomic mass is 16.5. The van der Waals surface area contributed by atoms with Crippen molar-refractivity contribution in [2.24, 2.45) is 4.99 Å². The SMILES string of the molecule is Cc1cc(C)cc(-c2[nH]c3ccc(C(C)(C)C(=O)N4CCCC4)cc3c2CCCN=C(NC#N)Oc2ccccc2)c1. The first kappa shape index (κ1) is 28.9. The second-order valence-electron chi connectivity index (χ2n) is 11.7.